The molecule has 0 aliphatic carbocycles. The van der Waals surface area contributed by atoms with E-state index < -0.39 is 9.05 Å². The van der Waals surface area contributed by atoms with Crippen LogP contribution in [0.4, 0.5) is 0 Å². The molecule has 1 aromatic carbocycles. The number of benzene rings is 1. The maximum absolute atomic E-state index is 11.4. The first-order valence-corrected chi connectivity index (χ1v) is 8.79. The molecule has 8 heteroatoms. The van der Waals surface area contributed by atoms with Crippen molar-refractivity contribution in [2.75, 3.05) is 6.61 Å². The van der Waals surface area contributed by atoms with Gasteiger partial charge in [0, 0.05) is 23.6 Å². The van der Waals surface area contributed by atoms with Crippen LogP contribution in [0.25, 0.3) is 0 Å². The van der Waals surface area contributed by atoms with E-state index in [0.717, 1.165) is 11.3 Å². The normalized spacial score (nSPS) is 11.6. The lowest BCUT2D eigenvalue weighted by molar-refractivity contribution is 0.316. The summed E-state index contributed by atoms with van der Waals surface area (Å²) >= 11 is 0. The van der Waals surface area contributed by atoms with E-state index in [0.29, 0.717) is 25.4 Å². The van der Waals surface area contributed by atoms with Gasteiger partial charge in [0.2, 0.25) is 0 Å². The lowest BCUT2D eigenvalue weighted by Gasteiger charge is -2.08. The van der Waals surface area contributed by atoms with Crippen LogP contribution in [0.5, 0.6) is 5.75 Å². The highest BCUT2D eigenvalue weighted by Crippen LogP contribution is 2.15. The van der Waals surface area contributed by atoms with Crippen molar-refractivity contribution in [1.29, 1.82) is 0 Å². The van der Waals surface area contributed by atoms with Crippen LogP contribution in [0.1, 0.15) is 18.3 Å². The summed E-state index contributed by atoms with van der Waals surface area (Å²) in [7, 11) is 1.43. The minimum atomic E-state index is -3.89. The van der Waals surface area contributed by atoms with Crippen molar-refractivity contribution in [3.05, 3.63) is 35.7 Å². The summed E-state index contributed by atoms with van der Waals surface area (Å²) in [6, 6.07) is 7.70. The van der Waals surface area contributed by atoms with E-state index in [4.69, 9.17) is 15.4 Å². The summed E-state index contributed by atoms with van der Waals surface area (Å²) in [6.07, 6.45) is 0.446. The Morgan fingerprint density at radius 3 is 2.71 bits per heavy atom. The molecule has 1 heterocycles. The molecule has 0 N–H and O–H groups in total. The van der Waals surface area contributed by atoms with Gasteiger partial charge in [0.1, 0.15) is 11.6 Å². The van der Waals surface area contributed by atoms with Crippen molar-refractivity contribution < 1.29 is 13.2 Å². The molecule has 0 atom stereocenters. The molecule has 0 aliphatic rings. The minimum absolute atomic E-state index is 0.225. The fraction of sp³-hybridized carbons (Fsp3) is 0.385. The standard InChI is InChI=1S/C13H16ClN3O3S/c1-3-17-12(15-16-13(17)21(14,18)19)7-8-20-11-6-4-5-10(2)9-11/h4-6,9H,3,7-8H2,1-2H3. The maximum Gasteiger partial charge on any atom is 0.296 e. The largest absolute Gasteiger partial charge is 0.493 e. The van der Waals surface area contributed by atoms with Crippen LogP contribution in [0.15, 0.2) is 29.4 Å². The third-order valence-corrected chi connectivity index (χ3v) is 4.06. The van der Waals surface area contributed by atoms with Gasteiger partial charge in [-0.05, 0) is 31.5 Å². The number of aromatic nitrogens is 3. The number of aryl methyl sites for hydroxylation is 1. The molecular formula is C13H16ClN3O3S. The first-order valence-electron chi connectivity index (χ1n) is 6.48. The van der Waals surface area contributed by atoms with Crippen LogP contribution in [-0.2, 0) is 22.0 Å². The second-order valence-corrected chi connectivity index (χ2v) is 6.96. The fourth-order valence-corrected chi connectivity index (χ4v) is 2.95. The van der Waals surface area contributed by atoms with Gasteiger partial charge in [-0.25, -0.2) is 8.42 Å². The first-order chi connectivity index (χ1) is 9.91. The predicted molar refractivity (Wildman–Crippen MR) is 79.1 cm³/mol. The van der Waals surface area contributed by atoms with Gasteiger partial charge < -0.3 is 9.30 Å². The van der Waals surface area contributed by atoms with Gasteiger partial charge in [0.05, 0.1) is 6.61 Å². The number of hydrogen-bond donors (Lipinski definition) is 0. The van der Waals surface area contributed by atoms with Crippen LogP contribution < -0.4 is 4.74 Å². The molecule has 0 bridgehead atoms. The zero-order valence-electron chi connectivity index (χ0n) is 11.8. The van der Waals surface area contributed by atoms with E-state index >= 15 is 0 Å². The third-order valence-electron chi connectivity index (χ3n) is 2.91. The molecule has 0 saturated carbocycles. The second kappa shape index (κ2) is 6.44. The number of nitrogens with zero attached hydrogens (tertiary/aromatic N) is 3. The Labute approximate surface area is 128 Å². The Bertz CT molecular complexity index is 728. The second-order valence-electron chi connectivity index (χ2n) is 4.50. The van der Waals surface area contributed by atoms with E-state index in [2.05, 4.69) is 10.2 Å². The van der Waals surface area contributed by atoms with Crippen molar-refractivity contribution in [2.24, 2.45) is 0 Å². The summed E-state index contributed by atoms with van der Waals surface area (Å²) in [4.78, 5) is 0. The Balaban J connectivity index is 2.06. The van der Waals surface area contributed by atoms with E-state index in [1.807, 2.05) is 31.2 Å². The predicted octanol–water partition coefficient (Wildman–Crippen LogP) is 2.16. The smallest absolute Gasteiger partial charge is 0.296 e. The molecule has 0 saturated heterocycles. The van der Waals surface area contributed by atoms with Crippen LogP contribution in [0.3, 0.4) is 0 Å². The van der Waals surface area contributed by atoms with Gasteiger partial charge in [-0.2, -0.15) is 0 Å². The van der Waals surface area contributed by atoms with Crippen molar-refractivity contribution >= 4 is 19.7 Å². The molecule has 0 unspecified atom stereocenters. The van der Waals surface area contributed by atoms with Crippen molar-refractivity contribution in [2.45, 2.75) is 32.0 Å². The molecule has 0 radical (unpaired) electrons. The van der Waals surface area contributed by atoms with Gasteiger partial charge in [-0.15, -0.1) is 10.2 Å². The number of ether oxygens (including phenoxy) is 1. The number of halogens is 1. The average molecular weight is 330 g/mol. The van der Waals surface area contributed by atoms with Gasteiger partial charge in [-0.3, -0.25) is 0 Å². The maximum atomic E-state index is 11.4. The molecule has 2 aromatic rings. The molecule has 0 fully saturated rings. The van der Waals surface area contributed by atoms with Crippen LogP contribution in [-0.4, -0.2) is 29.8 Å². The van der Waals surface area contributed by atoms with E-state index in [-0.39, 0.29) is 5.16 Å². The van der Waals surface area contributed by atoms with Crippen LogP contribution in [0.2, 0.25) is 0 Å². The molecule has 2 rings (SSSR count). The molecule has 114 valence electrons. The average Bonchev–Trinajstić information content (AvgIpc) is 2.82. The SMILES string of the molecule is CCn1c(CCOc2cccc(C)c2)nnc1S(=O)(=O)Cl. The topological polar surface area (TPSA) is 74.1 Å². The van der Waals surface area contributed by atoms with Gasteiger partial charge in [0.15, 0.2) is 0 Å². The molecule has 1 aromatic heterocycles. The summed E-state index contributed by atoms with van der Waals surface area (Å²) < 4.78 is 29.8. The summed E-state index contributed by atoms with van der Waals surface area (Å²) in [5.41, 5.74) is 1.11. The minimum Gasteiger partial charge on any atom is -0.493 e. The van der Waals surface area contributed by atoms with Crippen molar-refractivity contribution in [3.63, 3.8) is 0 Å². The Morgan fingerprint density at radius 1 is 1.33 bits per heavy atom. The lowest BCUT2D eigenvalue weighted by atomic mass is 10.2. The zero-order valence-corrected chi connectivity index (χ0v) is 13.4. The molecule has 0 amide bonds. The van der Waals surface area contributed by atoms with Gasteiger partial charge >= 0.3 is 0 Å². The van der Waals surface area contributed by atoms with E-state index in [1.54, 1.807) is 6.92 Å². The fourth-order valence-electron chi connectivity index (χ4n) is 1.97. The van der Waals surface area contributed by atoms with Gasteiger partial charge in [-0.1, -0.05) is 12.1 Å². The highest BCUT2D eigenvalue weighted by atomic mass is 35.7. The Morgan fingerprint density at radius 2 is 2.10 bits per heavy atom. The molecule has 6 nitrogen and oxygen atoms in total. The number of hydrogen-bond acceptors (Lipinski definition) is 5. The van der Waals surface area contributed by atoms with Crippen molar-refractivity contribution in [1.82, 2.24) is 14.8 Å². The highest BCUT2D eigenvalue weighted by Gasteiger charge is 2.21. The monoisotopic (exact) mass is 329 g/mol. The summed E-state index contributed by atoms with van der Waals surface area (Å²) in [5, 5.41) is 7.28. The molecule has 0 spiro atoms. The number of rotatable bonds is 6. The molecule has 0 aliphatic heterocycles. The van der Waals surface area contributed by atoms with E-state index in [1.165, 1.54) is 4.57 Å². The lowest BCUT2D eigenvalue weighted by Crippen LogP contribution is -2.11. The van der Waals surface area contributed by atoms with Crippen LogP contribution in [0, 0.1) is 6.92 Å². The zero-order chi connectivity index (χ0) is 15.5. The first kappa shape index (κ1) is 15.8. The van der Waals surface area contributed by atoms with Crippen molar-refractivity contribution in [3.8, 4) is 5.75 Å². The summed E-state index contributed by atoms with van der Waals surface area (Å²) in [6.45, 7) is 4.59. The third kappa shape index (κ3) is 3.95. The molecule has 21 heavy (non-hydrogen) atoms. The van der Waals surface area contributed by atoms with Crippen LogP contribution >= 0.6 is 10.7 Å². The molecular weight excluding hydrogens is 314 g/mol. The Kier molecular flexibility index (Phi) is 4.84. The quantitative estimate of drug-likeness (QED) is 0.759. The van der Waals surface area contributed by atoms with Gasteiger partial charge in [0.25, 0.3) is 14.2 Å². The highest BCUT2D eigenvalue weighted by molar-refractivity contribution is 8.13. The summed E-state index contributed by atoms with van der Waals surface area (Å²) in [5.74, 6) is 1.30. The Hall–Kier alpha value is -1.60. The van der Waals surface area contributed by atoms with E-state index in [9.17, 15) is 8.42 Å².